The van der Waals surface area contributed by atoms with E-state index in [4.69, 9.17) is 0 Å². The third-order valence-corrected chi connectivity index (χ3v) is 2.66. The number of hydrogen-bond donors (Lipinski definition) is 1. The molecule has 0 aromatic carbocycles. The van der Waals surface area contributed by atoms with Gasteiger partial charge in [-0.05, 0) is 25.8 Å². The molecule has 76 valence electrons. The molecule has 1 atom stereocenters. The second kappa shape index (κ2) is 3.13. The Morgan fingerprint density at radius 1 is 1.08 bits per heavy atom. The van der Waals surface area contributed by atoms with Gasteiger partial charge in [0.05, 0.1) is 0 Å². The first-order valence-corrected chi connectivity index (χ1v) is 4.65. The molecule has 0 radical (unpaired) electrons. The van der Waals surface area contributed by atoms with Crippen molar-refractivity contribution in [2.24, 2.45) is 0 Å². The highest BCUT2D eigenvalue weighted by atomic mass is 19.4. The maximum absolute atomic E-state index is 12.6. The Morgan fingerprint density at radius 2 is 1.77 bits per heavy atom. The van der Waals surface area contributed by atoms with Crippen LogP contribution >= 0.6 is 0 Å². The largest absolute Gasteiger partial charge is 0.460 e. The molecule has 5 heteroatoms. The van der Waals surface area contributed by atoms with Crippen LogP contribution in [0.1, 0.15) is 19.3 Å². The van der Waals surface area contributed by atoms with Crippen LogP contribution in [0.4, 0.5) is 13.2 Å². The van der Waals surface area contributed by atoms with Gasteiger partial charge in [0.25, 0.3) is 0 Å². The minimum atomic E-state index is -4.14. The van der Waals surface area contributed by atoms with E-state index >= 15 is 0 Å². The van der Waals surface area contributed by atoms with Crippen LogP contribution < -0.4 is 5.32 Å². The lowest BCUT2D eigenvalue weighted by atomic mass is 10.2. The van der Waals surface area contributed by atoms with Crippen LogP contribution in [0.25, 0.3) is 0 Å². The zero-order valence-corrected chi connectivity index (χ0v) is 7.27. The van der Waals surface area contributed by atoms with E-state index in [9.17, 15) is 13.2 Å². The summed E-state index contributed by atoms with van der Waals surface area (Å²) in [5.41, 5.74) is 0. The molecule has 1 aliphatic heterocycles. The van der Waals surface area contributed by atoms with Gasteiger partial charge >= 0.3 is 6.30 Å². The highest BCUT2D eigenvalue weighted by molar-refractivity contribution is 4.93. The molecular weight excluding hydrogens is 181 g/mol. The van der Waals surface area contributed by atoms with Crippen molar-refractivity contribution in [3.63, 3.8) is 0 Å². The number of nitrogens with one attached hydrogen (secondary N) is 1. The Balaban J connectivity index is 2.03. The van der Waals surface area contributed by atoms with Gasteiger partial charge < -0.3 is 5.32 Å². The molecule has 2 aliphatic rings. The third kappa shape index (κ3) is 1.96. The van der Waals surface area contributed by atoms with Gasteiger partial charge in [-0.2, -0.15) is 13.2 Å². The SMILES string of the molecule is FC(F)(F)N(C1CC1)[C@H]1CCNC1. The number of alkyl halides is 3. The Morgan fingerprint density at radius 3 is 2.15 bits per heavy atom. The van der Waals surface area contributed by atoms with E-state index in [2.05, 4.69) is 5.32 Å². The van der Waals surface area contributed by atoms with Gasteiger partial charge in [0.1, 0.15) is 0 Å². The summed E-state index contributed by atoms with van der Waals surface area (Å²) in [7, 11) is 0. The van der Waals surface area contributed by atoms with Crippen molar-refractivity contribution in [2.45, 2.75) is 37.6 Å². The van der Waals surface area contributed by atoms with Gasteiger partial charge in [-0.1, -0.05) is 0 Å². The van der Waals surface area contributed by atoms with E-state index in [1.54, 1.807) is 0 Å². The quantitative estimate of drug-likeness (QED) is 0.667. The summed E-state index contributed by atoms with van der Waals surface area (Å²) in [6.07, 6.45) is -2.11. The number of nitrogens with zero attached hydrogens (tertiary/aromatic N) is 1. The van der Waals surface area contributed by atoms with Crippen LogP contribution in [0.3, 0.4) is 0 Å². The first kappa shape index (κ1) is 9.27. The molecule has 0 bridgehead atoms. The van der Waals surface area contributed by atoms with Crippen LogP contribution in [0, 0.1) is 0 Å². The van der Waals surface area contributed by atoms with Gasteiger partial charge in [-0.15, -0.1) is 0 Å². The highest BCUT2D eigenvalue weighted by Gasteiger charge is 2.50. The fourth-order valence-electron chi connectivity index (χ4n) is 1.94. The summed E-state index contributed by atoms with van der Waals surface area (Å²) in [6, 6.07) is -0.558. The molecule has 0 amide bonds. The topological polar surface area (TPSA) is 15.3 Å². The van der Waals surface area contributed by atoms with E-state index in [1.165, 1.54) is 0 Å². The van der Waals surface area contributed by atoms with Gasteiger partial charge in [0, 0.05) is 18.6 Å². The van der Waals surface area contributed by atoms with Crippen LogP contribution in [-0.2, 0) is 0 Å². The zero-order valence-electron chi connectivity index (χ0n) is 7.27. The van der Waals surface area contributed by atoms with Crippen molar-refractivity contribution in [2.75, 3.05) is 13.1 Å². The molecule has 0 aromatic heterocycles. The summed E-state index contributed by atoms with van der Waals surface area (Å²) < 4.78 is 37.7. The molecule has 1 N–H and O–H groups in total. The molecule has 0 aromatic rings. The van der Waals surface area contributed by atoms with Crippen LogP contribution in [0.5, 0.6) is 0 Å². The summed E-state index contributed by atoms with van der Waals surface area (Å²) >= 11 is 0. The maximum Gasteiger partial charge on any atom is 0.460 e. The Bertz CT molecular complexity index is 182. The minimum absolute atomic E-state index is 0.232. The van der Waals surface area contributed by atoms with Crippen molar-refractivity contribution < 1.29 is 13.2 Å². The monoisotopic (exact) mass is 194 g/mol. The first-order valence-electron chi connectivity index (χ1n) is 4.65. The highest BCUT2D eigenvalue weighted by Crippen LogP contribution is 2.38. The van der Waals surface area contributed by atoms with Gasteiger partial charge in [-0.3, -0.25) is 0 Å². The molecule has 13 heavy (non-hydrogen) atoms. The molecule has 1 heterocycles. The second-order valence-electron chi connectivity index (χ2n) is 3.75. The molecule has 2 rings (SSSR count). The molecule has 1 aliphatic carbocycles. The summed E-state index contributed by atoms with van der Waals surface area (Å²) in [4.78, 5) is 0.743. The molecule has 0 unspecified atom stereocenters. The van der Waals surface area contributed by atoms with Crippen molar-refractivity contribution in [1.82, 2.24) is 10.2 Å². The van der Waals surface area contributed by atoms with Gasteiger partial charge in [0.15, 0.2) is 0 Å². The Labute approximate surface area is 75.1 Å². The van der Waals surface area contributed by atoms with E-state index in [0.29, 0.717) is 32.4 Å². The minimum Gasteiger partial charge on any atom is -0.315 e. The lowest BCUT2D eigenvalue weighted by Gasteiger charge is -2.29. The summed E-state index contributed by atoms with van der Waals surface area (Å²) in [5.74, 6) is 0. The maximum atomic E-state index is 12.6. The van der Waals surface area contributed by atoms with Crippen molar-refractivity contribution in [1.29, 1.82) is 0 Å². The third-order valence-electron chi connectivity index (χ3n) is 2.66. The Kier molecular flexibility index (Phi) is 2.23. The average molecular weight is 194 g/mol. The van der Waals surface area contributed by atoms with E-state index in [-0.39, 0.29) is 12.1 Å². The molecule has 1 saturated heterocycles. The van der Waals surface area contributed by atoms with E-state index in [1.807, 2.05) is 0 Å². The summed E-state index contributed by atoms with van der Waals surface area (Å²) in [5, 5.41) is 2.97. The lowest BCUT2D eigenvalue weighted by molar-refractivity contribution is -0.260. The molecule has 2 fully saturated rings. The second-order valence-corrected chi connectivity index (χ2v) is 3.75. The molecule has 1 saturated carbocycles. The van der Waals surface area contributed by atoms with E-state index < -0.39 is 6.30 Å². The fourth-order valence-corrected chi connectivity index (χ4v) is 1.94. The van der Waals surface area contributed by atoms with Gasteiger partial charge in [0.2, 0.25) is 0 Å². The first-order chi connectivity index (χ1) is 6.09. The molecular formula is C8H13F3N2. The van der Waals surface area contributed by atoms with Crippen LogP contribution in [0.2, 0.25) is 0 Å². The Hall–Kier alpha value is -0.290. The fraction of sp³-hybridized carbons (Fsp3) is 1.00. The van der Waals surface area contributed by atoms with E-state index in [0.717, 1.165) is 4.90 Å². The number of rotatable bonds is 2. The molecule has 2 nitrogen and oxygen atoms in total. The molecule has 0 spiro atoms. The van der Waals surface area contributed by atoms with Gasteiger partial charge in [-0.25, -0.2) is 4.90 Å². The normalized spacial score (nSPS) is 30.0. The number of hydrogen-bond acceptors (Lipinski definition) is 2. The van der Waals surface area contributed by atoms with Crippen molar-refractivity contribution in [3.05, 3.63) is 0 Å². The van der Waals surface area contributed by atoms with Crippen molar-refractivity contribution >= 4 is 0 Å². The van der Waals surface area contributed by atoms with Crippen molar-refractivity contribution in [3.8, 4) is 0 Å². The number of halogens is 3. The van der Waals surface area contributed by atoms with Crippen LogP contribution in [-0.4, -0.2) is 36.4 Å². The lowest BCUT2D eigenvalue weighted by Crippen LogP contribution is -2.48. The average Bonchev–Trinajstić information content (AvgIpc) is 2.63. The zero-order chi connectivity index (χ0) is 9.47. The standard InChI is InChI=1S/C8H13F3N2/c9-8(10,11)13(6-1-2-6)7-3-4-12-5-7/h6-7,12H,1-5H2/t7-/m0/s1. The summed E-state index contributed by atoms with van der Waals surface area (Å²) in [6.45, 7) is 1.19. The van der Waals surface area contributed by atoms with Crippen LogP contribution in [0.15, 0.2) is 0 Å². The smallest absolute Gasteiger partial charge is 0.315 e. The predicted molar refractivity (Wildman–Crippen MR) is 42.2 cm³/mol. The predicted octanol–water partition coefficient (Wildman–Crippen LogP) is 1.33.